The van der Waals surface area contributed by atoms with Crippen LogP contribution in [0.1, 0.15) is 48.8 Å². The topological polar surface area (TPSA) is 57.5 Å². The SMILES string of the molecule is CCCCCC(CC)P(=O)(O)O.[Ca+2].[H-].[H-]. The van der Waals surface area contributed by atoms with E-state index < -0.39 is 13.3 Å². The van der Waals surface area contributed by atoms with Gasteiger partial charge in [0.1, 0.15) is 0 Å². The minimum Gasteiger partial charge on any atom is -1.00 e. The molecule has 0 aromatic carbocycles. The molecule has 0 aliphatic rings. The fraction of sp³-hybridized carbons (Fsp3) is 1.00. The number of rotatable bonds is 6. The van der Waals surface area contributed by atoms with E-state index in [2.05, 4.69) is 6.92 Å². The minimum atomic E-state index is -3.82. The largest absolute Gasteiger partial charge is 2.00 e. The Balaban J connectivity index is -0.000000202. The minimum absolute atomic E-state index is 0. The second kappa shape index (κ2) is 8.70. The molecule has 0 aliphatic carbocycles. The molecule has 0 fully saturated rings. The predicted molar refractivity (Wildman–Crippen MR) is 58.2 cm³/mol. The first-order valence-corrected chi connectivity index (χ1v) is 6.25. The summed E-state index contributed by atoms with van der Waals surface area (Å²) in [5.74, 6) is 0. The summed E-state index contributed by atoms with van der Waals surface area (Å²) in [7, 11) is -3.82. The van der Waals surface area contributed by atoms with E-state index in [1.54, 1.807) is 0 Å². The van der Waals surface area contributed by atoms with Crippen molar-refractivity contribution in [2.45, 2.75) is 51.6 Å². The molecule has 0 saturated carbocycles. The van der Waals surface area contributed by atoms with Crippen LogP contribution in [-0.4, -0.2) is 53.2 Å². The molecule has 1 atom stereocenters. The molecule has 3 nitrogen and oxygen atoms in total. The Morgan fingerprint density at radius 2 is 1.85 bits per heavy atom. The van der Waals surface area contributed by atoms with E-state index in [1.165, 1.54) is 0 Å². The molecule has 0 aromatic heterocycles. The standard InChI is InChI=1S/C8H19O3P.Ca.2H/c1-3-5-6-7-8(4-2)12(9,10)11;;;/h8H,3-7H2,1-2H3,(H2,9,10,11);;;/q;+2;2*-1. The molecule has 2 N–H and O–H groups in total. The van der Waals surface area contributed by atoms with Crippen LogP contribution in [0.2, 0.25) is 0 Å². The van der Waals surface area contributed by atoms with Crippen LogP contribution in [0.15, 0.2) is 0 Å². The van der Waals surface area contributed by atoms with Gasteiger partial charge in [0.2, 0.25) is 0 Å². The molecular formula is C8H21CaO3P. The molecular weight excluding hydrogens is 215 g/mol. The third-order valence-corrected chi connectivity index (χ3v) is 3.66. The van der Waals surface area contributed by atoms with Crippen LogP contribution in [0.3, 0.4) is 0 Å². The first kappa shape index (κ1) is 16.8. The Kier molecular flexibility index (Phi) is 11.3. The van der Waals surface area contributed by atoms with Gasteiger partial charge in [0.15, 0.2) is 0 Å². The van der Waals surface area contributed by atoms with Crippen LogP contribution in [0.5, 0.6) is 0 Å². The Labute approximate surface area is 113 Å². The van der Waals surface area contributed by atoms with E-state index in [1.807, 2.05) is 6.92 Å². The van der Waals surface area contributed by atoms with Crippen molar-refractivity contribution in [2.75, 3.05) is 0 Å². The molecule has 0 rings (SSSR count). The third-order valence-electron chi connectivity index (χ3n) is 2.09. The molecule has 0 aromatic rings. The van der Waals surface area contributed by atoms with Gasteiger partial charge >= 0.3 is 45.3 Å². The fourth-order valence-corrected chi connectivity index (χ4v) is 2.23. The Hall–Kier alpha value is 1.41. The van der Waals surface area contributed by atoms with E-state index in [-0.39, 0.29) is 40.6 Å². The van der Waals surface area contributed by atoms with Crippen LogP contribution in [-0.2, 0) is 4.57 Å². The van der Waals surface area contributed by atoms with Crippen molar-refractivity contribution in [3.8, 4) is 0 Å². The van der Waals surface area contributed by atoms with E-state index in [0.29, 0.717) is 12.8 Å². The Morgan fingerprint density at radius 1 is 1.31 bits per heavy atom. The zero-order valence-electron chi connectivity index (χ0n) is 10.6. The summed E-state index contributed by atoms with van der Waals surface area (Å²) < 4.78 is 10.9. The molecule has 0 amide bonds. The summed E-state index contributed by atoms with van der Waals surface area (Å²) in [6.07, 6.45) is 4.33. The number of unbranched alkanes of at least 4 members (excludes halogenated alkanes) is 2. The molecule has 1 unspecified atom stereocenters. The normalized spacial score (nSPS) is 13.5. The zero-order valence-corrected chi connectivity index (χ0v) is 11.7. The predicted octanol–water partition coefficient (Wildman–Crippen LogP) is 2.37. The first-order chi connectivity index (χ1) is 5.52. The van der Waals surface area contributed by atoms with E-state index in [4.69, 9.17) is 9.79 Å². The van der Waals surface area contributed by atoms with Gasteiger partial charge in [-0.3, -0.25) is 4.57 Å². The quantitative estimate of drug-likeness (QED) is 0.423. The maximum absolute atomic E-state index is 10.9. The fourth-order valence-electron chi connectivity index (χ4n) is 1.24. The van der Waals surface area contributed by atoms with Crippen LogP contribution in [0.25, 0.3) is 0 Å². The maximum atomic E-state index is 10.9. The average Bonchev–Trinajstić information content (AvgIpc) is 1.95. The molecule has 0 aliphatic heterocycles. The summed E-state index contributed by atoms with van der Waals surface area (Å²) in [6.45, 7) is 3.91. The molecule has 0 saturated heterocycles. The van der Waals surface area contributed by atoms with Crippen molar-refractivity contribution in [1.29, 1.82) is 0 Å². The summed E-state index contributed by atoms with van der Waals surface area (Å²) in [4.78, 5) is 17.8. The van der Waals surface area contributed by atoms with Crippen molar-refractivity contribution in [2.24, 2.45) is 0 Å². The van der Waals surface area contributed by atoms with Crippen molar-refractivity contribution < 1.29 is 17.2 Å². The van der Waals surface area contributed by atoms with E-state index >= 15 is 0 Å². The van der Waals surface area contributed by atoms with Gasteiger partial charge in [0.05, 0.1) is 5.66 Å². The van der Waals surface area contributed by atoms with Crippen LogP contribution in [0.4, 0.5) is 0 Å². The van der Waals surface area contributed by atoms with Crippen molar-refractivity contribution in [1.82, 2.24) is 0 Å². The van der Waals surface area contributed by atoms with Gasteiger partial charge in [-0.2, -0.15) is 0 Å². The monoisotopic (exact) mass is 236 g/mol. The van der Waals surface area contributed by atoms with Gasteiger partial charge < -0.3 is 12.6 Å². The van der Waals surface area contributed by atoms with E-state index in [9.17, 15) is 4.57 Å². The number of hydrogen-bond donors (Lipinski definition) is 2. The molecule has 0 heterocycles. The molecule has 0 bridgehead atoms. The summed E-state index contributed by atoms with van der Waals surface area (Å²) in [6, 6.07) is 0. The molecule has 5 heteroatoms. The number of hydrogen-bond acceptors (Lipinski definition) is 1. The van der Waals surface area contributed by atoms with Gasteiger partial charge in [-0.05, 0) is 12.8 Å². The van der Waals surface area contributed by atoms with E-state index in [0.717, 1.165) is 19.3 Å². The molecule has 0 spiro atoms. The average molecular weight is 236 g/mol. The summed E-state index contributed by atoms with van der Waals surface area (Å²) in [5.41, 5.74) is -0.413. The van der Waals surface area contributed by atoms with Gasteiger partial charge in [-0.25, -0.2) is 0 Å². The molecule has 78 valence electrons. The summed E-state index contributed by atoms with van der Waals surface area (Å²) in [5, 5.41) is 0. The molecule has 13 heavy (non-hydrogen) atoms. The van der Waals surface area contributed by atoms with Crippen molar-refractivity contribution in [3.63, 3.8) is 0 Å². The van der Waals surface area contributed by atoms with Gasteiger partial charge in [0, 0.05) is 0 Å². The first-order valence-electron chi connectivity index (χ1n) is 4.57. The second-order valence-electron chi connectivity index (χ2n) is 3.15. The Bertz CT molecular complexity index is 166. The van der Waals surface area contributed by atoms with Gasteiger partial charge in [0.25, 0.3) is 0 Å². The summed E-state index contributed by atoms with van der Waals surface area (Å²) >= 11 is 0. The zero-order chi connectivity index (χ0) is 9.61. The second-order valence-corrected chi connectivity index (χ2v) is 5.06. The van der Waals surface area contributed by atoms with Crippen molar-refractivity contribution >= 4 is 45.3 Å². The van der Waals surface area contributed by atoms with Gasteiger partial charge in [-0.15, -0.1) is 0 Å². The van der Waals surface area contributed by atoms with Crippen LogP contribution in [0, 0.1) is 0 Å². The van der Waals surface area contributed by atoms with Crippen LogP contribution >= 0.6 is 7.60 Å². The smallest absolute Gasteiger partial charge is 1.00 e. The van der Waals surface area contributed by atoms with Crippen molar-refractivity contribution in [3.05, 3.63) is 0 Å². The third kappa shape index (κ3) is 8.41. The Morgan fingerprint density at radius 3 is 2.15 bits per heavy atom. The maximum Gasteiger partial charge on any atom is 2.00 e. The molecule has 0 radical (unpaired) electrons. The van der Waals surface area contributed by atoms with Crippen LogP contribution < -0.4 is 0 Å². The van der Waals surface area contributed by atoms with Gasteiger partial charge in [-0.1, -0.05) is 33.1 Å².